The highest BCUT2D eigenvalue weighted by atomic mass is 16.3. The second kappa shape index (κ2) is 12.0. The van der Waals surface area contributed by atoms with Crippen LogP contribution in [0.3, 0.4) is 0 Å². The number of hydrogen-bond donors (Lipinski definition) is 2. The van der Waals surface area contributed by atoms with Crippen LogP contribution < -0.4 is 10.2 Å². The van der Waals surface area contributed by atoms with E-state index in [-0.39, 0.29) is 17.7 Å². The van der Waals surface area contributed by atoms with Crippen LogP contribution in [0.4, 0.5) is 17.1 Å². The predicted octanol–water partition coefficient (Wildman–Crippen LogP) is 6.73. The van der Waals surface area contributed by atoms with Crippen LogP contribution in [0.1, 0.15) is 44.7 Å². The van der Waals surface area contributed by atoms with Crippen molar-refractivity contribution in [3.63, 3.8) is 0 Å². The maximum atomic E-state index is 13.0. The van der Waals surface area contributed by atoms with E-state index in [9.17, 15) is 14.7 Å². The number of aryl methyl sites for hydroxylation is 1. The van der Waals surface area contributed by atoms with Gasteiger partial charge in [-0.3, -0.25) is 9.59 Å². The van der Waals surface area contributed by atoms with Gasteiger partial charge in [0.25, 0.3) is 0 Å². The number of rotatable bonds is 9. The van der Waals surface area contributed by atoms with E-state index in [1.807, 2.05) is 115 Å². The highest BCUT2D eigenvalue weighted by Gasteiger charge is 2.18. The van der Waals surface area contributed by atoms with Gasteiger partial charge in [-0.2, -0.15) is 0 Å². The van der Waals surface area contributed by atoms with E-state index in [4.69, 9.17) is 0 Å². The molecule has 212 valence electrons. The molecule has 1 fully saturated rings. The topological polar surface area (TPSA) is 74.6 Å². The van der Waals surface area contributed by atoms with Crippen molar-refractivity contribution < 1.29 is 14.7 Å². The average Bonchev–Trinajstić information content (AvgIpc) is 3.36. The zero-order chi connectivity index (χ0) is 29.1. The Kier molecular flexibility index (Phi) is 7.89. The Morgan fingerprint density at radius 1 is 0.762 bits per heavy atom. The van der Waals surface area contributed by atoms with E-state index < -0.39 is 0 Å². The van der Waals surface area contributed by atoms with Crippen LogP contribution in [-0.2, 0) is 19.9 Å². The van der Waals surface area contributed by atoms with Crippen molar-refractivity contribution in [1.29, 1.82) is 0 Å². The summed E-state index contributed by atoms with van der Waals surface area (Å²) in [6.45, 7) is 1.68. The summed E-state index contributed by atoms with van der Waals surface area (Å²) in [7, 11) is 1.97. The van der Waals surface area contributed by atoms with Crippen LogP contribution in [0.5, 0.6) is 0 Å². The summed E-state index contributed by atoms with van der Waals surface area (Å²) in [4.78, 5) is 28.2. The number of ketones is 2. The summed E-state index contributed by atoms with van der Waals surface area (Å²) in [6, 6.07) is 31.6. The number of Topliss-reactive ketones (excluding diaryl/α,β-unsaturated/α-hetero) is 2. The Morgan fingerprint density at radius 3 is 1.95 bits per heavy atom. The molecular formula is C36H35N3O3. The monoisotopic (exact) mass is 557 g/mol. The molecule has 0 radical (unpaired) electrons. The summed E-state index contributed by atoms with van der Waals surface area (Å²) < 4.78 is 2.00. The molecule has 1 aromatic heterocycles. The number of hydrogen-bond acceptors (Lipinski definition) is 5. The van der Waals surface area contributed by atoms with Crippen LogP contribution >= 0.6 is 0 Å². The van der Waals surface area contributed by atoms with Crippen LogP contribution in [0, 0.1) is 0 Å². The first-order valence-electron chi connectivity index (χ1n) is 14.5. The van der Waals surface area contributed by atoms with E-state index >= 15 is 0 Å². The molecule has 1 saturated heterocycles. The van der Waals surface area contributed by atoms with Crippen LogP contribution in [0.25, 0.3) is 10.9 Å². The summed E-state index contributed by atoms with van der Waals surface area (Å²) >= 11 is 0. The van der Waals surface area contributed by atoms with Gasteiger partial charge in [0.15, 0.2) is 11.6 Å². The summed E-state index contributed by atoms with van der Waals surface area (Å²) in [5.41, 5.74) is 7.41. The smallest absolute Gasteiger partial charge is 0.169 e. The molecular weight excluding hydrogens is 522 g/mol. The second-order valence-corrected chi connectivity index (χ2v) is 11.2. The maximum absolute atomic E-state index is 13.0. The van der Waals surface area contributed by atoms with Gasteiger partial charge >= 0.3 is 0 Å². The number of piperidine rings is 1. The number of carbonyl (C=O) groups is 2. The fraction of sp³-hybridized carbons (Fsp3) is 0.222. The van der Waals surface area contributed by atoms with Crippen molar-refractivity contribution in [2.45, 2.75) is 31.8 Å². The first-order chi connectivity index (χ1) is 20.4. The molecule has 1 aliphatic rings. The van der Waals surface area contributed by atoms with Gasteiger partial charge < -0.3 is 19.9 Å². The number of fused-ring (bicyclic) bond motifs is 1. The van der Waals surface area contributed by atoms with Crippen molar-refractivity contribution in [2.24, 2.45) is 7.05 Å². The van der Waals surface area contributed by atoms with Crippen molar-refractivity contribution in [2.75, 3.05) is 23.3 Å². The quantitative estimate of drug-likeness (QED) is 0.197. The van der Waals surface area contributed by atoms with Crippen molar-refractivity contribution in [3.8, 4) is 0 Å². The lowest BCUT2D eigenvalue weighted by Gasteiger charge is -2.31. The van der Waals surface area contributed by atoms with Gasteiger partial charge in [0, 0.05) is 78.3 Å². The summed E-state index contributed by atoms with van der Waals surface area (Å²) in [5, 5.41) is 14.1. The van der Waals surface area contributed by atoms with Gasteiger partial charge in [0.1, 0.15) is 0 Å². The molecule has 0 unspecified atom stereocenters. The molecule has 0 atom stereocenters. The van der Waals surface area contributed by atoms with Gasteiger partial charge in [-0.05, 0) is 78.6 Å². The minimum absolute atomic E-state index is 0.0879. The zero-order valence-corrected chi connectivity index (χ0v) is 23.8. The van der Waals surface area contributed by atoms with Crippen LogP contribution in [0.2, 0.25) is 0 Å². The highest BCUT2D eigenvalue weighted by molar-refractivity contribution is 6.08. The van der Waals surface area contributed by atoms with E-state index in [0.717, 1.165) is 70.6 Å². The Labute approximate surface area is 246 Å². The van der Waals surface area contributed by atoms with E-state index in [2.05, 4.69) is 10.2 Å². The first kappa shape index (κ1) is 27.5. The lowest BCUT2D eigenvalue weighted by atomic mass is 10.0. The SMILES string of the molecule is Cn1cc(C(=O)Cc2ccc(Nc3ccc(CC(=O)c4ccc(N5CCC(O)CC5)cc4)cc3)cc2)c2ccccc21. The highest BCUT2D eigenvalue weighted by Crippen LogP contribution is 2.24. The lowest BCUT2D eigenvalue weighted by molar-refractivity contribution is 0.0985. The van der Waals surface area contributed by atoms with Crippen molar-refractivity contribution >= 4 is 39.5 Å². The number of para-hydroxylation sites is 1. The molecule has 2 N–H and O–H groups in total. The predicted molar refractivity (Wildman–Crippen MR) is 169 cm³/mol. The van der Waals surface area contributed by atoms with Gasteiger partial charge in [-0.25, -0.2) is 0 Å². The number of nitrogens with zero attached hydrogens (tertiary/aromatic N) is 2. The summed E-state index contributed by atoms with van der Waals surface area (Å²) in [5.74, 6) is 0.196. The molecule has 6 heteroatoms. The molecule has 42 heavy (non-hydrogen) atoms. The molecule has 4 aromatic carbocycles. The minimum Gasteiger partial charge on any atom is -0.393 e. The number of aromatic nitrogens is 1. The first-order valence-corrected chi connectivity index (χ1v) is 14.5. The standard InChI is InChI=1S/C36H35N3O3/c1-38-24-33(32-4-2-3-5-34(32)38)36(42)23-26-8-14-29(15-9-26)37-28-12-6-25(7-13-28)22-35(41)27-10-16-30(17-11-27)39-20-18-31(40)19-21-39/h2-17,24,31,37,40H,18-23H2,1H3. The number of nitrogens with one attached hydrogen (secondary N) is 1. The molecule has 0 aliphatic carbocycles. The Bertz CT molecular complexity index is 1700. The van der Waals surface area contributed by atoms with Crippen LogP contribution in [0.15, 0.2) is 103 Å². The molecule has 0 spiro atoms. The number of carbonyl (C=O) groups excluding carboxylic acids is 2. The third-order valence-corrected chi connectivity index (χ3v) is 8.14. The van der Waals surface area contributed by atoms with Gasteiger partial charge in [0.2, 0.25) is 0 Å². The van der Waals surface area contributed by atoms with Gasteiger partial charge in [0.05, 0.1) is 6.10 Å². The fourth-order valence-electron chi connectivity index (χ4n) is 5.69. The number of benzene rings is 4. The van der Waals surface area contributed by atoms with E-state index in [1.54, 1.807) is 0 Å². The van der Waals surface area contributed by atoms with Gasteiger partial charge in [-0.1, -0.05) is 42.5 Å². The van der Waals surface area contributed by atoms with Gasteiger partial charge in [-0.15, -0.1) is 0 Å². The Morgan fingerprint density at radius 2 is 1.33 bits per heavy atom. The van der Waals surface area contributed by atoms with Crippen molar-refractivity contribution in [3.05, 3.63) is 126 Å². The van der Waals surface area contributed by atoms with E-state index in [0.29, 0.717) is 18.4 Å². The van der Waals surface area contributed by atoms with Crippen molar-refractivity contribution in [1.82, 2.24) is 4.57 Å². The third kappa shape index (κ3) is 6.14. The molecule has 0 bridgehead atoms. The largest absolute Gasteiger partial charge is 0.393 e. The lowest BCUT2D eigenvalue weighted by Crippen LogP contribution is -2.35. The second-order valence-electron chi connectivity index (χ2n) is 11.2. The third-order valence-electron chi connectivity index (χ3n) is 8.14. The Hall–Kier alpha value is -4.68. The zero-order valence-electron chi connectivity index (χ0n) is 23.8. The Balaban J connectivity index is 1.02. The average molecular weight is 558 g/mol. The number of anilines is 3. The minimum atomic E-state index is -0.201. The molecule has 0 amide bonds. The maximum Gasteiger partial charge on any atom is 0.169 e. The number of aliphatic hydroxyl groups excluding tert-OH is 1. The summed E-state index contributed by atoms with van der Waals surface area (Å²) in [6.07, 6.45) is 3.97. The molecule has 0 saturated carbocycles. The number of aliphatic hydroxyl groups is 1. The molecule has 5 aromatic rings. The van der Waals surface area contributed by atoms with Crippen LogP contribution in [-0.4, -0.2) is 40.4 Å². The molecule has 2 heterocycles. The molecule has 1 aliphatic heterocycles. The molecule has 6 rings (SSSR count). The normalized spacial score (nSPS) is 13.8. The fourth-order valence-corrected chi connectivity index (χ4v) is 5.69. The molecule has 6 nitrogen and oxygen atoms in total. The van der Waals surface area contributed by atoms with E-state index in [1.165, 1.54) is 0 Å².